The number of aromatic nitrogens is 1. The summed E-state index contributed by atoms with van der Waals surface area (Å²) in [6, 6.07) is 9.12. The predicted molar refractivity (Wildman–Crippen MR) is 62.4 cm³/mol. The molecule has 15 heavy (non-hydrogen) atoms. The molecule has 2 rings (SSSR count). The number of aliphatic hydroxyl groups excluding tert-OH is 1. The van der Waals surface area contributed by atoms with E-state index in [1.54, 1.807) is 12.1 Å². The molecule has 0 aliphatic rings. The second-order valence-corrected chi connectivity index (χ2v) is 4.60. The van der Waals surface area contributed by atoms with Gasteiger partial charge >= 0.3 is 0 Å². The van der Waals surface area contributed by atoms with Crippen LogP contribution < -0.4 is 0 Å². The zero-order chi connectivity index (χ0) is 10.8. The molecule has 0 fully saturated rings. The molecule has 1 N–H and O–H groups in total. The first-order chi connectivity index (χ1) is 7.16. The first kappa shape index (κ1) is 10.6. The highest BCUT2D eigenvalue weighted by molar-refractivity contribution is 7.05. The van der Waals surface area contributed by atoms with Crippen molar-refractivity contribution in [2.45, 2.75) is 13.0 Å². The van der Waals surface area contributed by atoms with Crippen LogP contribution in [0.1, 0.15) is 22.2 Å². The van der Waals surface area contributed by atoms with E-state index in [1.807, 2.05) is 25.1 Å². The molecular weight excluding hydrogens is 230 g/mol. The molecule has 0 spiro atoms. The lowest BCUT2D eigenvalue weighted by atomic mass is 10.1. The van der Waals surface area contributed by atoms with Gasteiger partial charge in [0.15, 0.2) is 0 Å². The fourth-order valence-corrected chi connectivity index (χ4v) is 2.31. The van der Waals surface area contributed by atoms with Crippen LogP contribution in [0.5, 0.6) is 0 Å². The molecule has 2 nitrogen and oxygen atoms in total. The standard InChI is InChI=1S/C11H10ClNOS/c1-7-5-10(15-13-7)11(14)8-3-2-4-9(12)6-8/h2-6,11,14H,1H3. The normalized spacial score (nSPS) is 12.7. The van der Waals surface area contributed by atoms with Crippen molar-refractivity contribution in [3.8, 4) is 0 Å². The average Bonchev–Trinajstić information content (AvgIpc) is 2.64. The van der Waals surface area contributed by atoms with E-state index >= 15 is 0 Å². The van der Waals surface area contributed by atoms with Crippen LogP contribution in [0.15, 0.2) is 30.3 Å². The molecule has 2 aromatic rings. The Hall–Kier alpha value is -0.900. The van der Waals surface area contributed by atoms with E-state index in [1.165, 1.54) is 11.5 Å². The molecule has 0 amide bonds. The number of hydrogen-bond donors (Lipinski definition) is 1. The van der Waals surface area contributed by atoms with E-state index in [4.69, 9.17) is 11.6 Å². The van der Waals surface area contributed by atoms with Crippen LogP contribution in [0, 0.1) is 6.92 Å². The van der Waals surface area contributed by atoms with Crippen molar-refractivity contribution in [3.05, 3.63) is 51.5 Å². The summed E-state index contributed by atoms with van der Waals surface area (Å²) in [7, 11) is 0. The second kappa shape index (κ2) is 4.31. The van der Waals surface area contributed by atoms with E-state index < -0.39 is 6.10 Å². The Labute approximate surface area is 97.3 Å². The molecule has 0 saturated carbocycles. The van der Waals surface area contributed by atoms with Gasteiger partial charge in [-0.2, -0.15) is 4.37 Å². The summed E-state index contributed by atoms with van der Waals surface area (Å²) in [4.78, 5) is 0.842. The van der Waals surface area contributed by atoms with Crippen LogP contribution in [0.2, 0.25) is 5.02 Å². The average molecular weight is 240 g/mol. The third kappa shape index (κ3) is 2.37. The van der Waals surface area contributed by atoms with E-state index in [2.05, 4.69) is 4.37 Å². The fraction of sp³-hybridized carbons (Fsp3) is 0.182. The van der Waals surface area contributed by atoms with Crippen LogP contribution in [0.3, 0.4) is 0 Å². The number of aliphatic hydroxyl groups is 1. The lowest BCUT2D eigenvalue weighted by Gasteiger charge is -2.07. The van der Waals surface area contributed by atoms with Crippen molar-refractivity contribution in [3.63, 3.8) is 0 Å². The molecule has 0 aliphatic carbocycles. The molecule has 0 aliphatic heterocycles. The van der Waals surface area contributed by atoms with E-state index in [0.717, 1.165) is 16.1 Å². The zero-order valence-corrected chi connectivity index (χ0v) is 9.72. The second-order valence-electron chi connectivity index (χ2n) is 3.33. The van der Waals surface area contributed by atoms with Crippen LogP contribution >= 0.6 is 23.1 Å². The Kier molecular flexibility index (Phi) is 3.05. The minimum atomic E-state index is -0.630. The number of halogens is 1. The van der Waals surface area contributed by atoms with Gasteiger partial charge in [-0.3, -0.25) is 0 Å². The molecule has 4 heteroatoms. The maximum atomic E-state index is 10.0. The maximum absolute atomic E-state index is 10.0. The number of benzene rings is 1. The molecule has 1 aromatic carbocycles. The van der Waals surface area contributed by atoms with Crippen molar-refractivity contribution < 1.29 is 5.11 Å². The summed E-state index contributed by atoms with van der Waals surface area (Å²) >= 11 is 7.17. The summed E-state index contributed by atoms with van der Waals surface area (Å²) < 4.78 is 4.13. The molecule has 1 atom stereocenters. The predicted octanol–water partition coefficient (Wildman–Crippen LogP) is 3.19. The Morgan fingerprint density at radius 3 is 2.80 bits per heavy atom. The lowest BCUT2D eigenvalue weighted by molar-refractivity contribution is 0.224. The number of rotatable bonds is 2. The van der Waals surface area contributed by atoms with Crippen LogP contribution in [-0.4, -0.2) is 9.48 Å². The van der Waals surface area contributed by atoms with Crippen LogP contribution in [0.25, 0.3) is 0 Å². The van der Waals surface area contributed by atoms with Gasteiger partial charge in [0.2, 0.25) is 0 Å². The molecule has 0 radical (unpaired) electrons. The highest BCUT2D eigenvalue weighted by atomic mass is 35.5. The van der Waals surface area contributed by atoms with Crippen molar-refractivity contribution in [1.29, 1.82) is 0 Å². The third-order valence-corrected chi connectivity index (χ3v) is 3.25. The lowest BCUT2D eigenvalue weighted by Crippen LogP contribution is -1.96. The number of nitrogens with zero attached hydrogens (tertiary/aromatic N) is 1. The van der Waals surface area contributed by atoms with Crippen molar-refractivity contribution in [2.75, 3.05) is 0 Å². The van der Waals surface area contributed by atoms with Crippen LogP contribution in [-0.2, 0) is 0 Å². The topological polar surface area (TPSA) is 33.1 Å². The van der Waals surface area contributed by atoms with Crippen molar-refractivity contribution in [2.24, 2.45) is 0 Å². The Morgan fingerprint density at radius 2 is 2.20 bits per heavy atom. The Bertz CT molecular complexity index is 469. The summed E-state index contributed by atoms with van der Waals surface area (Å²) in [5.74, 6) is 0. The molecule has 1 unspecified atom stereocenters. The molecule has 78 valence electrons. The molecule has 1 heterocycles. The highest BCUT2D eigenvalue weighted by Crippen LogP contribution is 2.27. The minimum absolute atomic E-state index is 0.630. The minimum Gasteiger partial charge on any atom is -0.383 e. The van der Waals surface area contributed by atoms with Crippen molar-refractivity contribution in [1.82, 2.24) is 4.37 Å². The van der Waals surface area contributed by atoms with Gasteiger partial charge in [-0.05, 0) is 42.2 Å². The van der Waals surface area contributed by atoms with Gasteiger partial charge in [0.05, 0.1) is 10.6 Å². The summed E-state index contributed by atoms with van der Waals surface area (Å²) in [5, 5.41) is 10.7. The maximum Gasteiger partial charge on any atom is 0.115 e. The van der Waals surface area contributed by atoms with Gasteiger partial charge in [-0.15, -0.1) is 0 Å². The first-order valence-electron chi connectivity index (χ1n) is 4.53. The molecule has 0 bridgehead atoms. The van der Waals surface area contributed by atoms with E-state index in [9.17, 15) is 5.11 Å². The summed E-state index contributed by atoms with van der Waals surface area (Å²) in [6.07, 6.45) is -0.630. The quantitative estimate of drug-likeness (QED) is 0.873. The molecule has 1 aromatic heterocycles. The van der Waals surface area contributed by atoms with Gasteiger partial charge in [0.25, 0.3) is 0 Å². The first-order valence-corrected chi connectivity index (χ1v) is 5.68. The van der Waals surface area contributed by atoms with Crippen LogP contribution in [0.4, 0.5) is 0 Å². The summed E-state index contributed by atoms with van der Waals surface area (Å²) in [5.41, 5.74) is 1.72. The fourth-order valence-electron chi connectivity index (χ4n) is 1.35. The third-order valence-electron chi connectivity index (χ3n) is 2.08. The Morgan fingerprint density at radius 1 is 1.40 bits per heavy atom. The number of aryl methyl sites for hydroxylation is 1. The molecular formula is C11H10ClNOS. The number of hydrogen-bond acceptors (Lipinski definition) is 3. The highest BCUT2D eigenvalue weighted by Gasteiger charge is 2.13. The SMILES string of the molecule is Cc1cc(C(O)c2cccc(Cl)c2)sn1. The van der Waals surface area contributed by atoms with Gasteiger partial charge in [-0.1, -0.05) is 23.7 Å². The largest absolute Gasteiger partial charge is 0.383 e. The summed E-state index contributed by atoms with van der Waals surface area (Å²) in [6.45, 7) is 1.91. The van der Waals surface area contributed by atoms with Gasteiger partial charge in [-0.25, -0.2) is 0 Å². The van der Waals surface area contributed by atoms with Gasteiger partial charge < -0.3 is 5.11 Å². The zero-order valence-electron chi connectivity index (χ0n) is 8.14. The van der Waals surface area contributed by atoms with Crippen molar-refractivity contribution >= 4 is 23.1 Å². The van der Waals surface area contributed by atoms with Gasteiger partial charge in [0, 0.05) is 5.02 Å². The molecule has 0 saturated heterocycles. The van der Waals surface area contributed by atoms with E-state index in [0.29, 0.717) is 5.02 Å². The van der Waals surface area contributed by atoms with E-state index in [-0.39, 0.29) is 0 Å². The monoisotopic (exact) mass is 239 g/mol. The van der Waals surface area contributed by atoms with Gasteiger partial charge in [0.1, 0.15) is 6.10 Å². The Balaban J connectivity index is 2.32. The smallest absolute Gasteiger partial charge is 0.115 e.